The molecule has 1 amide bonds. The number of aliphatic hydroxyl groups excluding tert-OH is 2. The fraction of sp³-hybridized carbons (Fsp3) is 0.389. The number of imidazole rings is 1. The van der Waals surface area contributed by atoms with E-state index in [1.165, 1.54) is 18.9 Å². The van der Waals surface area contributed by atoms with Gasteiger partial charge in [0, 0.05) is 11.9 Å². The number of carbonyl (C=O) groups is 1. The van der Waals surface area contributed by atoms with Crippen molar-refractivity contribution >= 4 is 22.9 Å². The second-order valence-electron chi connectivity index (χ2n) is 6.95. The number of aryl methyl sites for hydroxylation is 1. The van der Waals surface area contributed by atoms with Crippen LogP contribution in [0.4, 0.5) is 5.82 Å². The molecular formula is C18H21N7O4. The van der Waals surface area contributed by atoms with Crippen LogP contribution in [0.3, 0.4) is 0 Å². The average molecular weight is 399 g/mol. The van der Waals surface area contributed by atoms with Crippen LogP contribution in [0.25, 0.3) is 11.2 Å². The maximum atomic E-state index is 12.4. The van der Waals surface area contributed by atoms with E-state index in [1.807, 2.05) is 6.92 Å². The van der Waals surface area contributed by atoms with Crippen molar-refractivity contribution in [2.75, 3.05) is 12.3 Å². The van der Waals surface area contributed by atoms with Gasteiger partial charge in [-0.2, -0.15) is 0 Å². The molecule has 11 nitrogen and oxygen atoms in total. The van der Waals surface area contributed by atoms with Gasteiger partial charge in [-0.15, -0.1) is 0 Å². The van der Waals surface area contributed by atoms with Crippen LogP contribution in [-0.2, 0) is 11.3 Å². The Morgan fingerprint density at radius 2 is 2.10 bits per heavy atom. The third-order valence-electron chi connectivity index (χ3n) is 4.93. The number of anilines is 1. The predicted octanol–water partition coefficient (Wildman–Crippen LogP) is -0.969. The lowest BCUT2D eigenvalue weighted by Gasteiger charge is -2.38. The fourth-order valence-corrected chi connectivity index (χ4v) is 3.25. The topological polar surface area (TPSA) is 161 Å². The third kappa shape index (κ3) is 3.75. The number of amides is 1. The van der Waals surface area contributed by atoms with E-state index in [0.29, 0.717) is 16.7 Å². The highest BCUT2D eigenvalue weighted by Gasteiger charge is 2.39. The van der Waals surface area contributed by atoms with Crippen molar-refractivity contribution in [2.45, 2.75) is 37.8 Å². The number of nitrogens with one attached hydrogen (secondary N) is 1. The van der Waals surface area contributed by atoms with Gasteiger partial charge >= 0.3 is 0 Å². The van der Waals surface area contributed by atoms with Gasteiger partial charge in [-0.3, -0.25) is 9.78 Å². The number of nitrogens with two attached hydrogens (primary N) is 1. The lowest BCUT2D eigenvalue weighted by atomic mass is 9.97. The van der Waals surface area contributed by atoms with Crippen LogP contribution in [0.5, 0.6) is 0 Å². The molecule has 1 saturated heterocycles. The van der Waals surface area contributed by atoms with E-state index in [4.69, 9.17) is 10.5 Å². The Balaban J connectivity index is 1.42. The normalized spacial score (nSPS) is 24.5. The number of hydrogen-bond donors (Lipinski definition) is 4. The van der Waals surface area contributed by atoms with E-state index >= 15 is 0 Å². The molecule has 0 aromatic carbocycles. The summed E-state index contributed by atoms with van der Waals surface area (Å²) in [4.78, 5) is 28.6. The van der Waals surface area contributed by atoms with Crippen LogP contribution in [0, 0.1) is 6.92 Å². The molecule has 0 spiro atoms. The first-order valence-electron chi connectivity index (χ1n) is 9.06. The highest BCUT2D eigenvalue weighted by atomic mass is 16.5. The van der Waals surface area contributed by atoms with Gasteiger partial charge in [-0.1, -0.05) is 0 Å². The smallest absolute Gasteiger partial charge is 0.253 e. The summed E-state index contributed by atoms with van der Waals surface area (Å²) in [5, 5.41) is 23.7. The minimum Gasteiger partial charge on any atom is -0.388 e. The minimum absolute atomic E-state index is 0.0394. The second kappa shape index (κ2) is 7.70. The summed E-state index contributed by atoms with van der Waals surface area (Å²) in [7, 11) is 0. The molecule has 0 aliphatic carbocycles. The molecule has 5 N–H and O–H groups in total. The monoisotopic (exact) mass is 399 g/mol. The van der Waals surface area contributed by atoms with E-state index in [9.17, 15) is 15.0 Å². The molecule has 0 saturated carbocycles. The van der Waals surface area contributed by atoms with Crippen molar-refractivity contribution in [3.63, 3.8) is 0 Å². The highest BCUT2D eigenvalue weighted by Crippen LogP contribution is 2.20. The molecule has 29 heavy (non-hydrogen) atoms. The minimum atomic E-state index is -1.22. The molecule has 1 aliphatic heterocycles. The Bertz CT molecular complexity index is 1020. The maximum absolute atomic E-state index is 12.4. The molecule has 3 aromatic heterocycles. The third-order valence-corrected chi connectivity index (χ3v) is 4.93. The molecule has 152 valence electrons. The Hall–Kier alpha value is -3.15. The number of carbonyl (C=O) groups excluding carboxylic acids is 1. The number of hydrogen-bond acceptors (Lipinski definition) is 9. The summed E-state index contributed by atoms with van der Waals surface area (Å²) >= 11 is 0. The molecule has 11 heteroatoms. The van der Waals surface area contributed by atoms with E-state index in [-0.39, 0.29) is 19.0 Å². The molecule has 4 rings (SSSR count). The van der Waals surface area contributed by atoms with Gasteiger partial charge in [0.05, 0.1) is 31.1 Å². The number of nitrogens with zero attached hydrogens (tertiary/aromatic N) is 5. The highest BCUT2D eigenvalue weighted by molar-refractivity contribution is 5.94. The Labute approximate surface area is 165 Å². The Morgan fingerprint density at radius 3 is 2.86 bits per heavy atom. The van der Waals surface area contributed by atoms with Crippen LogP contribution in [0.15, 0.2) is 31.0 Å². The second-order valence-corrected chi connectivity index (χ2v) is 6.95. The van der Waals surface area contributed by atoms with Crippen LogP contribution in [0.1, 0.15) is 16.1 Å². The number of nitrogen functional groups attached to an aromatic ring is 1. The molecule has 1 aliphatic rings. The summed E-state index contributed by atoms with van der Waals surface area (Å²) in [6, 6.07) is 2.61. The SMILES string of the molecule is Cc1ccc(C(=O)N[C@@H]2CO[C@H](Cn3cnc4c(N)ncnc43)[C@@H](O)[C@H]2O)cn1. The number of pyridine rings is 1. The van der Waals surface area contributed by atoms with Crippen molar-refractivity contribution in [2.24, 2.45) is 0 Å². The summed E-state index contributed by atoms with van der Waals surface area (Å²) in [5.41, 5.74) is 7.89. The first-order chi connectivity index (χ1) is 13.9. The van der Waals surface area contributed by atoms with Gasteiger partial charge in [-0.25, -0.2) is 15.0 Å². The van der Waals surface area contributed by atoms with Crippen LogP contribution in [-0.4, -0.2) is 71.6 Å². The number of rotatable bonds is 4. The summed E-state index contributed by atoms with van der Waals surface area (Å²) in [6.45, 7) is 2.06. The van der Waals surface area contributed by atoms with Gasteiger partial charge in [0.15, 0.2) is 11.5 Å². The molecular weight excluding hydrogens is 378 g/mol. The lowest BCUT2D eigenvalue weighted by molar-refractivity contribution is -0.152. The average Bonchev–Trinajstić information content (AvgIpc) is 3.12. The zero-order valence-electron chi connectivity index (χ0n) is 15.6. The molecule has 1 fully saturated rings. The maximum Gasteiger partial charge on any atom is 0.253 e. The van der Waals surface area contributed by atoms with Crippen LogP contribution >= 0.6 is 0 Å². The quantitative estimate of drug-likeness (QED) is 0.432. The van der Waals surface area contributed by atoms with Crippen molar-refractivity contribution < 1.29 is 19.7 Å². The van der Waals surface area contributed by atoms with Crippen molar-refractivity contribution in [1.82, 2.24) is 29.8 Å². The van der Waals surface area contributed by atoms with Crippen molar-refractivity contribution in [3.05, 3.63) is 42.2 Å². The van der Waals surface area contributed by atoms with E-state index in [0.717, 1.165) is 5.69 Å². The van der Waals surface area contributed by atoms with E-state index < -0.39 is 30.3 Å². The first kappa shape index (κ1) is 19.2. The van der Waals surface area contributed by atoms with Gasteiger partial charge in [0.2, 0.25) is 0 Å². The molecule has 4 atom stereocenters. The van der Waals surface area contributed by atoms with E-state index in [1.54, 1.807) is 16.7 Å². The largest absolute Gasteiger partial charge is 0.388 e. The number of ether oxygens (including phenoxy) is 1. The Morgan fingerprint density at radius 1 is 1.28 bits per heavy atom. The van der Waals surface area contributed by atoms with Crippen LogP contribution in [0.2, 0.25) is 0 Å². The molecule has 0 bridgehead atoms. The summed E-state index contributed by atoms with van der Waals surface area (Å²) in [6.07, 6.45) is 1.17. The summed E-state index contributed by atoms with van der Waals surface area (Å²) in [5.74, 6) is -0.143. The number of fused-ring (bicyclic) bond motifs is 1. The molecule has 3 aromatic rings. The van der Waals surface area contributed by atoms with Crippen molar-refractivity contribution in [1.29, 1.82) is 0 Å². The molecule has 4 heterocycles. The predicted molar refractivity (Wildman–Crippen MR) is 102 cm³/mol. The molecule has 0 unspecified atom stereocenters. The molecule has 0 radical (unpaired) electrons. The zero-order chi connectivity index (χ0) is 20.5. The fourth-order valence-electron chi connectivity index (χ4n) is 3.25. The van der Waals surface area contributed by atoms with Gasteiger partial charge < -0.3 is 30.6 Å². The van der Waals surface area contributed by atoms with Gasteiger partial charge in [0.25, 0.3) is 5.91 Å². The first-order valence-corrected chi connectivity index (χ1v) is 9.06. The lowest BCUT2D eigenvalue weighted by Crippen LogP contribution is -2.59. The number of aliphatic hydroxyl groups is 2. The van der Waals surface area contributed by atoms with Crippen molar-refractivity contribution in [3.8, 4) is 0 Å². The van der Waals surface area contributed by atoms with Gasteiger partial charge in [0.1, 0.15) is 30.2 Å². The Kier molecular flexibility index (Phi) is 5.09. The van der Waals surface area contributed by atoms with E-state index in [2.05, 4.69) is 25.3 Å². The summed E-state index contributed by atoms with van der Waals surface area (Å²) < 4.78 is 7.39. The standard InChI is InChI=1S/C18H21N7O4/c1-9-2-3-10(4-20-9)18(28)24-11-6-29-12(15(27)14(11)26)5-25-8-23-13-16(19)21-7-22-17(13)25/h2-4,7-8,11-12,14-15,26-27H,5-6H2,1H3,(H,24,28)(H2,19,21,22)/t11-,12-,14+,15-/m1/s1. The van der Waals surface area contributed by atoms with Gasteiger partial charge in [-0.05, 0) is 19.1 Å². The zero-order valence-corrected chi connectivity index (χ0v) is 15.6. The number of aromatic nitrogens is 5. The van der Waals surface area contributed by atoms with Crippen LogP contribution < -0.4 is 11.1 Å².